The van der Waals surface area contributed by atoms with Gasteiger partial charge in [0.15, 0.2) is 15.6 Å². The molecular formula is C13H10Br2ClNO5S2. The molecule has 0 saturated heterocycles. The normalized spacial score (nSPS) is 12.2. The van der Waals surface area contributed by atoms with Crippen LogP contribution in [0.1, 0.15) is 0 Å². The third-order valence-electron chi connectivity index (χ3n) is 2.83. The van der Waals surface area contributed by atoms with E-state index < -0.39 is 30.5 Å². The van der Waals surface area contributed by atoms with Crippen LogP contribution in [0.3, 0.4) is 0 Å². The molecule has 0 unspecified atom stereocenters. The van der Waals surface area contributed by atoms with Gasteiger partial charge in [0.05, 0.1) is 15.6 Å². The Bertz CT molecular complexity index is 1020. The van der Waals surface area contributed by atoms with Crippen LogP contribution < -0.4 is 4.72 Å². The zero-order chi connectivity index (χ0) is 18.3. The summed E-state index contributed by atoms with van der Waals surface area (Å²) in [6, 6.07) is 6.44. The van der Waals surface area contributed by atoms with Gasteiger partial charge in [-0.05, 0) is 30.3 Å². The van der Waals surface area contributed by atoms with Crippen LogP contribution >= 0.6 is 43.5 Å². The molecule has 24 heavy (non-hydrogen) atoms. The quantitative estimate of drug-likeness (QED) is 0.641. The van der Waals surface area contributed by atoms with E-state index in [2.05, 4.69) is 36.6 Å². The Hall–Kier alpha value is -0.810. The van der Waals surface area contributed by atoms with Gasteiger partial charge in [-0.1, -0.05) is 43.5 Å². The van der Waals surface area contributed by atoms with Crippen LogP contribution in [0.4, 0.5) is 5.69 Å². The van der Waals surface area contributed by atoms with Crippen molar-refractivity contribution in [3.8, 4) is 5.75 Å². The lowest BCUT2D eigenvalue weighted by Crippen LogP contribution is -2.14. The highest BCUT2D eigenvalue weighted by Crippen LogP contribution is 2.35. The highest BCUT2D eigenvalue weighted by molar-refractivity contribution is 9.10. The van der Waals surface area contributed by atoms with E-state index in [1.807, 2.05) is 0 Å². The van der Waals surface area contributed by atoms with Crippen LogP contribution in [0.25, 0.3) is 0 Å². The molecule has 0 aliphatic carbocycles. The third-order valence-corrected chi connectivity index (χ3v) is 6.52. The predicted molar refractivity (Wildman–Crippen MR) is 98.9 cm³/mol. The summed E-state index contributed by atoms with van der Waals surface area (Å²) in [6.45, 7) is 0. The lowest BCUT2D eigenvalue weighted by atomic mass is 10.3. The molecule has 130 valence electrons. The Labute approximate surface area is 161 Å². The fourth-order valence-corrected chi connectivity index (χ4v) is 5.32. The summed E-state index contributed by atoms with van der Waals surface area (Å²) in [5.74, 6) is -0.606. The minimum Gasteiger partial charge on any atom is -0.505 e. The maximum absolute atomic E-state index is 12.5. The summed E-state index contributed by atoms with van der Waals surface area (Å²) in [5.41, 5.74) is 0.0142. The van der Waals surface area contributed by atoms with Gasteiger partial charge in [0.1, 0.15) is 4.90 Å². The van der Waals surface area contributed by atoms with Gasteiger partial charge in [0.2, 0.25) is 0 Å². The summed E-state index contributed by atoms with van der Waals surface area (Å²) in [4.78, 5) is -0.506. The van der Waals surface area contributed by atoms with Crippen molar-refractivity contribution in [3.05, 3.63) is 44.3 Å². The van der Waals surface area contributed by atoms with Gasteiger partial charge in [-0.2, -0.15) is 0 Å². The first-order valence-corrected chi connectivity index (χ1v) is 11.5. The van der Waals surface area contributed by atoms with Crippen molar-refractivity contribution < 1.29 is 21.9 Å². The summed E-state index contributed by atoms with van der Waals surface area (Å²) in [6.07, 6.45) is 1.01. The number of phenols is 1. The van der Waals surface area contributed by atoms with E-state index in [1.165, 1.54) is 30.3 Å². The third kappa shape index (κ3) is 4.42. The molecule has 2 aromatic rings. The molecule has 0 saturated carbocycles. The monoisotopic (exact) mass is 517 g/mol. The molecule has 0 heterocycles. The maximum Gasteiger partial charge on any atom is 0.265 e. The first-order chi connectivity index (χ1) is 10.9. The van der Waals surface area contributed by atoms with Crippen molar-refractivity contribution in [3.63, 3.8) is 0 Å². The van der Waals surface area contributed by atoms with Crippen molar-refractivity contribution in [1.82, 2.24) is 0 Å². The minimum absolute atomic E-state index is 0.0142. The molecule has 0 spiro atoms. The van der Waals surface area contributed by atoms with Crippen molar-refractivity contribution >= 4 is 69.0 Å². The van der Waals surface area contributed by atoms with E-state index in [-0.39, 0.29) is 15.6 Å². The fraction of sp³-hybridized carbons (Fsp3) is 0.0769. The van der Waals surface area contributed by atoms with Crippen molar-refractivity contribution in [1.29, 1.82) is 0 Å². The van der Waals surface area contributed by atoms with Gasteiger partial charge < -0.3 is 5.11 Å². The Morgan fingerprint density at radius 2 is 1.58 bits per heavy atom. The Morgan fingerprint density at radius 1 is 1.00 bits per heavy atom. The predicted octanol–water partition coefficient (Wildman–Crippen LogP) is 3.77. The Kier molecular flexibility index (Phi) is 5.55. The summed E-state index contributed by atoms with van der Waals surface area (Å²) in [7, 11) is -7.73. The minimum atomic E-state index is -4.20. The van der Waals surface area contributed by atoms with Crippen molar-refractivity contribution in [2.24, 2.45) is 0 Å². The number of aromatic hydroxyl groups is 1. The first kappa shape index (κ1) is 19.5. The van der Waals surface area contributed by atoms with Gasteiger partial charge in [0, 0.05) is 15.2 Å². The fourth-order valence-electron chi connectivity index (χ4n) is 1.79. The SMILES string of the molecule is CS(=O)(=O)c1cc(Br)cc(NS(=O)(=O)c2cc(Br)cc(Cl)c2O)c1. The summed E-state index contributed by atoms with van der Waals surface area (Å²) in [5, 5.41) is 9.75. The lowest BCUT2D eigenvalue weighted by Gasteiger charge is -2.12. The molecule has 2 aromatic carbocycles. The maximum atomic E-state index is 12.5. The van der Waals surface area contributed by atoms with Gasteiger partial charge in [0.25, 0.3) is 10.0 Å². The van der Waals surface area contributed by atoms with Crippen LogP contribution in [0, 0.1) is 0 Å². The van der Waals surface area contributed by atoms with Gasteiger partial charge in [-0.15, -0.1) is 0 Å². The van der Waals surface area contributed by atoms with Crippen LogP contribution in [-0.4, -0.2) is 28.2 Å². The zero-order valence-electron chi connectivity index (χ0n) is 11.9. The smallest absolute Gasteiger partial charge is 0.265 e. The van der Waals surface area contributed by atoms with Gasteiger partial charge in [-0.3, -0.25) is 4.72 Å². The number of sulfonamides is 1. The molecule has 0 aliphatic heterocycles. The van der Waals surface area contributed by atoms with E-state index >= 15 is 0 Å². The Balaban J connectivity index is 2.53. The molecule has 6 nitrogen and oxygen atoms in total. The molecule has 11 heteroatoms. The average Bonchev–Trinajstić information content (AvgIpc) is 2.40. The highest BCUT2D eigenvalue weighted by atomic mass is 79.9. The van der Waals surface area contributed by atoms with Gasteiger partial charge in [-0.25, -0.2) is 16.8 Å². The topological polar surface area (TPSA) is 101 Å². The molecule has 0 aromatic heterocycles. The van der Waals surface area contributed by atoms with E-state index in [0.717, 1.165) is 6.26 Å². The second-order valence-corrected chi connectivity index (χ2v) is 10.7. The number of sulfone groups is 1. The molecule has 0 amide bonds. The lowest BCUT2D eigenvalue weighted by molar-refractivity contribution is 0.459. The molecule has 2 rings (SSSR count). The van der Waals surface area contributed by atoms with E-state index in [4.69, 9.17) is 11.6 Å². The molecular weight excluding hydrogens is 510 g/mol. The first-order valence-electron chi connectivity index (χ1n) is 6.11. The largest absolute Gasteiger partial charge is 0.505 e. The zero-order valence-corrected chi connectivity index (χ0v) is 17.5. The van der Waals surface area contributed by atoms with E-state index in [1.54, 1.807) is 0 Å². The number of halogens is 3. The molecule has 2 N–H and O–H groups in total. The average molecular weight is 520 g/mol. The number of anilines is 1. The number of hydrogen-bond donors (Lipinski definition) is 2. The summed E-state index contributed by atoms with van der Waals surface area (Å²) >= 11 is 12.0. The van der Waals surface area contributed by atoms with Crippen molar-refractivity contribution in [2.75, 3.05) is 11.0 Å². The number of nitrogens with one attached hydrogen (secondary N) is 1. The molecule has 0 aliphatic rings. The van der Waals surface area contributed by atoms with E-state index in [0.29, 0.717) is 8.95 Å². The van der Waals surface area contributed by atoms with Gasteiger partial charge >= 0.3 is 0 Å². The molecule has 0 fully saturated rings. The molecule has 0 radical (unpaired) electrons. The van der Waals surface area contributed by atoms with Crippen molar-refractivity contribution in [2.45, 2.75) is 9.79 Å². The van der Waals surface area contributed by atoms with Crippen LogP contribution in [0.2, 0.25) is 5.02 Å². The highest BCUT2D eigenvalue weighted by Gasteiger charge is 2.22. The Morgan fingerprint density at radius 3 is 2.17 bits per heavy atom. The van der Waals surface area contributed by atoms with Crippen LogP contribution in [0.15, 0.2) is 49.1 Å². The number of phenolic OH excluding ortho intramolecular Hbond substituents is 1. The summed E-state index contributed by atoms with van der Waals surface area (Å²) < 4.78 is 51.2. The molecule has 0 bridgehead atoms. The number of benzene rings is 2. The number of rotatable bonds is 4. The number of hydrogen-bond acceptors (Lipinski definition) is 5. The van der Waals surface area contributed by atoms with Crippen LogP contribution in [0.5, 0.6) is 5.75 Å². The second kappa shape index (κ2) is 6.83. The standard InChI is InChI=1S/C13H10Br2ClNO5S2/c1-23(19,20)10-3-7(14)2-9(6-10)17-24(21,22)12-5-8(15)4-11(16)13(12)18/h2-6,17-18H,1H3. The second-order valence-electron chi connectivity index (χ2n) is 4.79. The van der Waals surface area contributed by atoms with Crippen LogP contribution in [-0.2, 0) is 19.9 Å². The van der Waals surface area contributed by atoms with E-state index in [9.17, 15) is 21.9 Å². The molecule has 0 atom stereocenters.